The minimum atomic E-state index is 1.27. The Bertz CT molecular complexity index is 1460. The van der Waals surface area contributed by atoms with Crippen LogP contribution >= 0.6 is 11.3 Å². The van der Waals surface area contributed by atoms with Gasteiger partial charge in [0, 0.05) is 25.6 Å². The zero-order valence-electron chi connectivity index (χ0n) is 14.6. The molecule has 0 unspecified atom stereocenters. The molecule has 1 heteroatoms. The van der Waals surface area contributed by atoms with Crippen LogP contribution in [0.4, 0.5) is 0 Å². The number of rotatable bonds is 1. The van der Waals surface area contributed by atoms with Crippen molar-refractivity contribution in [1.82, 2.24) is 0 Å². The fourth-order valence-corrected chi connectivity index (χ4v) is 5.49. The molecule has 6 aromatic rings. The highest BCUT2D eigenvalue weighted by molar-refractivity contribution is 7.26. The van der Waals surface area contributed by atoms with Crippen molar-refractivity contribution in [2.75, 3.05) is 0 Å². The predicted molar refractivity (Wildman–Crippen MR) is 120 cm³/mol. The van der Waals surface area contributed by atoms with Gasteiger partial charge in [0.1, 0.15) is 0 Å². The molecule has 0 spiro atoms. The van der Waals surface area contributed by atoms with Gasteiger partial charge in [0.2, 0.25) is 0 Å². The van der Waals surface area contributed by atoms with Gasteiger partial charge in [-0.25, -0.2) is 0 Å². The van der Waals surface area contributed by atoms with Gasteiger partial charge in [-0.05, 0) is 39.4 Å². The monoisotopic (exact) mass is 360 g/mol. The quantitative estimate of drug-likeness (QED) is 0.260. The summed E-state index contributed by atoms with van der Waals surface area (Å²) < 4.78 is 2.75. The topological polar surface area (TPSA) is 0 Å². The van der Waals surface area contributed by atoms with Crippen molar-refractivity contribution in [3.8, 4) is 11.1 Å². The fraction of sp³-hybridized carbons (Fsp3) is 0. The molecule has 0 bridgehead atoms. The molecule has 0 aliphatic heterocycles. The first kappa shape index (κ1) is 15.0. The molecule has 126 valence electrons. The minimum absolute atomic E-state index is 1.27. The van der Waals surface area contributed by atoms with Crippen molar-refractivity contribution in [1.29, 1.82) is 0 Å². The normalized spacial score (nSPS) is 11.7. The molecular weight excluding hydrogens is 344 g/mol. The molecule has 0 fully saturated rings. The van der Waals surface area contributed by atoms with Crippen molar-refractivity contribution in [3.05, 3.63) is 97.1 Å². The smallest absolute Gasteiger partial charge is 0.0440 e. The zero-order valence-corrected chi connectivity index (χ0v) is 15.5. The van der Waals surface area contributed by atoms with Crippen LogP contribution in [0.1, 0.15) is 0 Å². The van der Waals surface area contributed by atoms with Gasteiger partial charge in [0.05, 0.1) is 0 Å². The van der Waals surface area contributed by atoms with Crippen molar-refractivity contribution in [3.63, 3.8) is 0 Å². The van der Waals surface area contributed by atoms with E-state index in [1.165, 1.54) is 52.8 Å². The molecule has 6 rings (SSSR count). The lowest BCUT2D eigenvalue weighted by molar-refractivity contribution is 1.67. The summed E-state index contributed by atoms with van der Waals surface area (Å²) in [5.74, 6) is 0. The van der Waals surface area contributed by atoms with Crippen LogP contribution in [0, 0.1) is 0 Å². The van der Waals surface area contributed by atoms with Gasteiger partial charge in [-0.15, -0.1) is 11.3 Å². The molecule has 0 saturated carbocycles. The van der Waals surface area contributed by atoms with E-state index in [2.05, 4.69) is 97.1 Å². The second-order valence-corrected chi connectivity index (χ2v) is 8.03. The lowest BCUT2D eigenvalue weighted by Crippen LogP contribution is -1.85. The molecule has 0 atom stereocenters. The number of hydrogen-bond acceptors (Lipinski definition) is 1. The van der Waals surface area contributed by atoms with Gasteiger partial charge in [0.25, 0.3) is 0 Å². The third-order valence-electron chi connectivity index (χ3n) is 5.45. The van der Waals surface area contributed by atoms with Gasteiger partial charge in [0.15, 0.2) is 0 Å². The van der Waals surface area contributed by atoms with Gasteiger partial charge in [-0.2, -0.15) is 0 Å². The average Bonchev–Trinajstić information content (AvgIpc) is 3.12. The highest BCUT2D eigenvalue weighted by Gasteiger charge is 2.14. The third-order valence-corrected chi connectivity index (χ3v) is 6.66. The second-order valence-electron chi connectivity index (χ2n) is 6.97. The fourth-order valence-electron chi connectivity index (χ4n) is 4.22. The summed E-state index contributed by atoms with van der Waals surface area (Å²) in [4.78, 5) is 0. The third kappa shape index (κ3) is 2.16. The first-order chi connectivity index (χ1) is 13.4. The predicted octanol–water partition coefficient (Wildman–Crippen LogP) is 8.03. The molecule has 0 aliphatic rings. The molecule has 0 aliphatic carbocycles. The van der Waals surface area contributed by atoms with E-state index in [1.54, 1.807) is 0 Å². The lowest BCUT2D eigenvalue weighted by atomic mass is 9.92. The van der Waals surface area contributed by atoms with Crippen LogP contribution in [0.25, 0.3) is 52.8 Å². The highest BCUT2D eigenvalue weighted by Crippen LogP contribution is 2.43. The molecule has 1 aromatic heterocycles. The molecule has 0 N–H and O–H groups in total. The Kier molecular flexibility index (Phi) is 3.14. The van der Waals surface area contributed by atoms with Crippen molar-refractivity contribution in [2.24, 2.45) is 0 Å². The van der Waals surface area contributed by atoms with Crippen LogP contribution in [0.5, 0.6) is 0 Å². The number of hydrogen-bond donors (Lipinski definition) is 0. The summed E-state index contributed by atoms with van der Waals surface area (Å²) in [7, 11) is 0. The number of benzene rings is 5. The summed E-state index contributed by atoms with van der Waals surface area (Å²) in [6, 6.07) is 35.2. The van der Waals surface area contributed by atoms with Crippen molar-refractivity contribution < 1.29 is 0 Å². The SMILES string of the molecule is c1ccc(-c2cc3ccccc3c3c2ccc2c4ccccc4sc23)cc1. The van der Waals surface area contributed by atoms with Crippen LogP contribution in [0.15, 0.2) is 97.1 Å². The lowest BCUT2D eigenvalue weighted by Gasteiger charge is -2.12. The van der Waals surface area contributed by atoms with Crippen LogP contribution in [0.3, 0.4) is 0 Å². The minimum Gasteiger partial charge on any atom is -0.135 e. The van der Waals surface area contributed by atoms with Crippen molar-refractivity contribution >= 4 is 53.1 Å². The van der Waals surface area contributed by atoms with Crippen LogP contribution in [-0.2, 0) is 0 Å². The van der Waals surface area contributed by atoms with Crippen LogP contribution in [0.2, 0.25) is 0 Å². The van der Waals surface area contributed by atoms with Gasteiger partial charge >= 0.3 is 0 Å². The maximum Gasteiger partial charge on any atom is 0.0440 e. The summed E-state index contributed by atoms with van der Waals surface area (Å²) in [5.41, 5.74) is 2.58. The second kappa shape index (κ2) is 5.67. The standard InChI is InChI=1S/C26H16S/c1-2-8-17(9-3-1)23-16-18-10-4-5-11-19(18)25-21(23)14-15-22-20-12-6-7-13-24(20)27-26(22)25/h1-16H. The number of thiophene rings is 1. The molecule has 1 heterocycles. The Morgan fingerprint density at radius 1 is 0.519 bits per heavy atom. The van der Waals surface area contributed by atoms with Gasteiger partial charge < -0.3 is 0 Å². The molecule has 0 radical (unpaired) electrons. The molecule has 0 saturated heterocycles. The summed E-state index contributed by atoms with van der Waals surface area (Å²) >= 11 is 1.91. The molecule has 5 aromatic carbocycles. The Morgan fingerprint density at radius 3 is 2.11 bits per heavy atom. The summed E-state index contributed by atoms with van der Waals surface area (Å²) in [6.45, 7) is 0. The van der Waals surface area contributed by atoms with E-state index in [9.17, 15) is 0 Å². The first-order valence-corrected chi connectivity index (χ1v) is 10.0. The van der Waals surface area contributed by atoms with Crippen LogP contribution < -0.4 is 0 Å². The Morgan fingerprint density at radius 2 is 1.22 bits per heavy atom. The Balaban J connectivity index is 1.89. The maximum atomic E-state index is 2.34. The molecule has 0 nitrogen and oxygen atoms in total. The largest absolute Gasteiger partial charge is 0.135 e. The van der Waals surface area contributed by atoms with Crippen molar-refractivity contribution in [2.45, 2.75) is 0 Å². The Labute approximate surface area is 161 Å². The van der Waals surface area contributed by atoms with E-state index < -0.39 is 0 Å². The van der Waals surface area contributed by atoms with E-state index in [4.69, 9.17) is 0 Å². The molecular formula is C26H16S. The van der Waals surface area contributed by atoms with Crippen LogP contribution in [-0.4, -0.2) is 0 Å². The highest BCUT2D eigenvalue weighted by atomic mass is 32.1. The van der Waals surface area contributed by atoms with Gasteiger partial charge in [-0.3, -0.25) is 0 Å². The first-order valence-electron chi connectivity index (χ1n) is 9.21. The van der Waals surface area contributed by atoms with E-state index in [1.807, 2.05) is 11.3 Å². The summed E-state index contributed by atoms with van der Waals surface area (Å²) in [5, 5.41) is 8.06. The maximum absolute atomic E-state index is 2.34. The molecule has 0 amide bonds. The van der Waals surface area contributed by atoms with Gasteiger partial charge in [-0.1, -0.05) is 84.9 Å². The average molecular weight is 360 g/mol. The zero-order chi connectivity index (χ0) is 17.8. The van der Waals surface area contributed by atoms with E-state index in [0.29, 0.717) is 0 Å². The molecule has 27 heavy (non-hydrogen) atoms. The number of fused-ring (bicyclic) bond motifs is 7. The van der Waals surface area contributed by atoms with E-state index >= 15 is 0 Å². The Hall–Kier alpha value is -3.16. The van der Waals surface area contributed by atoms with E-state index in [0.717, 1.165) is 0 Å². The summed E-state index contributed by atoms with van der Waals surface area (Å²) in [6.07, 6.45) is 0. The van der Waals surface area contributed by atoms with E-state index in [-0.39, 0.29) is 0 Å².